The molecule has 1 unspecified atom stereocenters. The van der Waals surface area contributed by atoms with E-state index in [1.54, 1.807) is 9.58 Å². The van der Waals surface area contributed by atoms with Crippen molar-refractivity contribution in [3.05, 3.63) is 11.9 Å². The molecule has 2 amide bonds. The molecule has 0 aliphatic carbocycles. The fraction of sp³-hybridized carbons (Fsp3) is 0.667. The topological polar surface area (TPSA) is 89.1 Å². The average Bonchev–Trinajstić information content (AvgIpc) is 2.83. The summed E-state index contributed by atoms with van der Waals surface area (Å²) in [6.07, 6.45) is 1.82. The smallest absolute Gasteiger partial charge is 0.317 e. The first-order valence-electron chi connectivity index (χ1n) is 5.35. The Balaban J connectivity index is 1.87. The van der Waals surface area contributed by atoms with E-state index in [-0.39, 0.29) is 12.1 Å². The van der Waals surface area contributed by atoms with Gasteiger partial charge in [-0.05, 0) is 6.92 Å². The van der Waals surface area contributed by atoms with Crippen molar-refractivity contribution in [3.8, 4) is 0 Å². The largest absolute Gasteiger partial charge is 0.336 e. The Morgan fingerprint density at radius 1 is 1.62 bits per heavy atom. The van der Waals surface area contributed by atoms with Crippen LogP contribution in [0.2, 0.25) is 0 Å². The van der Waals surface area contributed by atoms with Crippen LogP contribution in [0.1, 0.15) is 18.7 Å². The molecule has 0 radical (unpaired) electrons. The van der Waals surface area contributed by atoms with Crippen LogP contribution in [0.4, 0.5) is 4.79 Å². The molecule has 1 aromatic heterocycles. The first-order valence-corrected chi connectivity index (χ1v) is 5.35. The third-order valence-electron chi connectivity index (χ3n) is 2.57. The SMILES string of the molecule is CC(N)c1cn(CCN2CCNC2=O)nn1. The number of nitrogens with one attached hydrogen (secondary N) is 1. The quantitative estimate of drug-likeness (QED) is 0.709. The Morgan fingerprint density at radius 3 is 3.00 bits per heavy atom. The third-order valence-corrected chi connectivity index (χ3v) is 2.57. The highest BCUT2D eigenvalue weighted by Crippen LogP contribution is 2.04. The Morgan fingerprint density at radius 2 is 2.44 bits per heavy atom. The molecule has 1 atom stereocenters. The van der Waals surface area contributed by atoms with Crippen LogP contribution in [0.15, 0.2) is 6.20 Å². The average molecular weight is 224 g/mol. The van der Waals surface area contributed by atoms with Crippen molar-refractivity contribution in [1.82, 2.24) is 25.2 Å². The normalized spacial score (nSPS) is 17.6. The second-order valence-electron chi connectivity index (χ2n) is 3.91. The molecule has 1 saturated heterocycles. The first kappa shape index (κ1) is 10.9. The molecule has 7 nitrogen and oxygen atoms in total. The molecule has 1 aliphatic rings. The van der Waals surface area contributed by atoms with Crippen LogP contribution in [-0.2, 0) is 6.54 Å². The van der Waals surface area contributed by atoms with Gasteiger partial charge in [-0.3, -0.25) is 4.68 Å². The van der Waals surface area contributed by atoms with Gasteiger partial charge in [0, 0.05) is 25.7 Å². The molecule has 0 bridgehead atoms. The summed E-state index contributed by atoms with van der Waals surface area (Å²) in [4.78, 5) is 13.0. The molecular formula is C9H16N6O. The van der Waals surface area contributed by atoms with Crippen LogP contribution in [0.25, 0.3) is 0 Å². The van der Waals surface area contributed by atoms with Gasteiger partial charge < -0.3 is 16.0 Å². The van der Waals surface area contributed by atoms with Gasteiger partial charge >= 0.3 is 6.03 Å². The summed E-state index contributed by atoms with van der Waals surface area (Å²) in [6.45, 7) is 4.64. The molecule has 2 rings (SSSR count). The van der Waals surface area contributed by atoms with E-state index in [1.165, 1.54) is 0 Å². The van der Waals surface area contributed by atoms with Gasteiger partial charge in [-0.1, -0.05) is 5.21 Å². The van der Waals surface area contributed by atoms with E-state index >= 15 is 0 Å². The van der Waals surface area contributed by atoms with Crippen LogP contribution >= 0.6 is 0 Å². The van der Waals surface area contributed by atoms with Crippen molar-refractivity contribution in [1.29, 1.82) is 0 Å². The number of hydrogen-bond donors (Lipinski definition) is 2. The summed E-state index contributed by atoms with van der Waals surface area (Å²) < 4.78 is 1.71. The highest BCUT2D eigenvalue weighted by molar-refractivity contribution is 5.76. The highest BCUT2D eigenvalue weighted by Gasteiger charge is 2.18. The van der Waals surface area contributed by atoms with Crippen molar-refractivity contribution in [3.63, 3.8) is 0 Å². The second-order valence-corrected chi connectivity index (χ2v) is 3.91. The summed E-state index contributed by atoms with van der Waals surface area (Å²) >= 11 is 0. The molecule has 1 fully saturated rings. The Labute approximate surface area is 93.6 Å². The van der Waals surface area contributed by atoms with E-state index in [0.717, 1.165) is 18.8 Å². The van der Waals surface area contributed by atoms with Crippen molar-refractivity contribution in [2.45, 2.75) is 19.5 Å². The van der Waals surface area contributed by atoms with Gasteiger partial charge in [0.05, 0.1) is 18.4 Å². The summed E-state index contributed by atoms with van der Waals surface area (Å²) in [7, 11) is 0. The van der Waals surface area contributed by atoms with Crippen LogP contribution in [-0.4, -0.2) is 45.6 Å². The molecule has 1 aromatic rings. The number of hydrogen-bond acceptors (Lipinski definition) is 4. The second kappa shape index (κ2) is 4.48. The molecule has 16 heavy (non-hydrogen) atoms. The number of amides is 2. The van der Waals surface area contributed by atoms with Crippen LogP contribution in [0, 0.1) is 0 Å². The molecule has 0 aromatic carbocycles. The van der Waals surface area contributed by atoms with E-state index in [9.17, 15) is 4.79 Å². The minimum Gasteiger partial charge on any atom is -0.336 e. The summed E-state index contributed by atoms with van der Waals surface area (Å²) in [5.74, 6) is 0. The molecule has 88 valence electrons. The predicted octanol–water partition coefficient (Wildman–Crippen LogP) is -0.677. The number of carbonyl (C=O) groups excluding carboxylic acids is 1. The lowest BCUT2D eigenvalue weighted by Gasteiger charge is -2.12. The zero-order valence-corrected chi connectivity index (χ0v) is 9.26. The molecule has 2 heterocycles. The summed E-state index contributed by atoms with van der Waals surface area (Å²) in [5.41, 5.74) is 6.45. The number of urea groups is 1. The van der Waals surface area contributed by atoms with Crippen LogP contribution in [0.3, 0.4) is 0 Å². The molecule has 3 N–H and O–H groups in total. The third kappa shape index (κ3) is 2.30. The Bertz CT molecular complexity index is 374. The van der Waals surface area contributed by atoms with Gasteiger partial charge in [0.25, 0.3) is 0 Å². The van der Waals surface area contributed by atoms with Gasteiger partial charge in [-0.15, -0.1) is 5.10 Å². The molecular weight excluding hydrogens is 208 g/mol. The van der Waals surface area contributed by atoms with Crippen molar-refractivity contribution in [2.24, 2.45) is 5.73 Å². The predicted molar refractivity (Wildman–Crippen MR) is 57.6 cm³/mol. The lowest BCUT2D eigenvalue weighted by Crippen LogP contribution is -2.31. The van der Waals surface area contributed by atoms with E-state index < -0.39 is 0 Å². The van der Waals surface area contributed by atoms with E-state index in [1.807, 2.05) is 13.1 Å². The van der Waals surface area contributed by atoms with Crippen molar-refractivity contribution < 1.29 is 4.79 Å². The Kier molecular flexibility index (Phi) is 3.04. The zero-order valence-electron chi connectivity index (χ0n) is 9.26. The molecule has 0 spiro atoms. The zero-order chi connectivity index (χ0) is 11.5. The van der Waals surface area contributed by atoms with Crippen LogP contribution < -0.4 is 11.1 Å². The standard InChI is InChI=1S/C9H16N6O/c1-7(10)8-6-15(13-12-8)5-4-14-3-2-11-9(14)16/h6-7H,2-5,10H2,1H3,(H,11,16). The van der Waals surface area contributed by atoms with Gasteiger partial charge in [0.1, 0.15) is 0 Å². The lowest BCUT2D eigenvalue weighted by molar-refractivity contribution is 0.215. The van der Waals surface area contributed by atoms with E-state index in [4.69, 9.17) is 5.73 Å². The minimum atomic E-state index is -0.108. The molecule has 7 heteroatoms. The van der Waals surface area contributed by atoms with Gasteiger partial charge in [0.15, 0.2) is 0 Å². The lowest BCUT2D eigenvalue weighted by atomic mass is 10.3. The molecule has 1 aliphatic heterocycles. The molecule has 0 saturated carbocycles. The van der Waals surface area contributed by atoms with Crippen LogP contribution in [0.5, 0.6) is 0 Å². The summed E-state index contributed by atoms with van der Waals surface area (Å²) in [6, 6.07) is -0.114. The highest BCUT2D eigenvalue weighted by atomic mass is 16.2. The number of carbonyl (C=O) groups is 1. The Hall–Kier alpha value is -1.63. The fourth-order valence-electron chi connectivity index (χ4n) is 1.58. The van der Waals surface area contributed by atoms with Gasteiger partial charge in [0.2, 0.25) is 0 Å². The number of aromatic nitrogens is 3. The maximum atomic E-state index is 11.3. The van der Waals surface area contributed by atoms with Gasteiger partial charge in [-0.2, -0.15) is 0 Å². The van der Waals surface area contributed by atoms with Crippen molar-refractivity contribution in [2.75, 3.05) is 19.6 Å². The fourth-order valence-corrected chi connectivity index (χ4v) is 1.58. The first-order chi connectivity index (χ1) is 7.66. The minimum absolute atomic E-state index is 0.00692. The maximum absolute atomic E-state index is 11.3. The number of nitrogens with two attached hydrogens (primary N) is 1. The van der Waals surface area contributed by atoms with E-state index in [0.29, 0.717) is 13.1 Å². The number of nitrogens with zero attached hydrogens (tertiary/aromatic N) is 4. The summed E-state index contributed by atoms with van der Waals surface area (Å²) in [5, 5.41) is 10.7. The van der Waals surface area contributed by atoms with Gasteiger partial charge in [-0.25, -0.2) is 4.79 Å². The number of rotatable bonds is 4. The van der Waals surface area contributed by atoms with Crippen molar-refractivity contribution >= 4 is 6.03 Å². The maximum Gasteiger partial charge on any atom is 0.317 e. The van der Waals surface area contributed by atoms with E-state index in [2.05, 4.69) is 15.6 Å². The monoisotopic (exact) mass is 224 g/mol.